The zero-order valence-corrected chi connectivity index (χ0v) is 17.0. The van der Waals surface area contributed by atoms with Gasteiger partial charge >= 0.3 is 12.1 Å². The molecule has 1 N–H and O–H groups in total. The highest BCUT2D eigenvalue weighted by Crippen LogP contribution is 2.28. The lowest BCUT2D eigenvalue weighted by atomic mass is 10.2. The van der Waals surface area contributed by atoms with Crippen molar-refractivity contribution in [3.63, 3.8) is 0 Å². The Morgan fingerprint density at radius 3 is 2.35 bits per heavy atom. The maximum atomic E-state index is 12.7. The highest BCUT2D eigenvalue weighted by atomic mass is 32.2. The fourth-order valence-corrected chi connectivity index (χ4v) is 3.31. The van der Waals surface area contributed by atoms with Crippen LogP contribution in [0.2, 0.25) is 0 Å². The van der Waals surface area contributed by atoms with Crippen LogP contribution in [0.15, 0.2) is 47.4 Å². The average molecular weight is 445 g/mol. The summed E-state index contributed by atoms with van der Waals surface area (Å²) in [7, 11) is 0. The van der Waals surface area contributed by atoms with Gasteiger partial charge in [0.1, 0.15) is 0 Å². The fourth-order valence-electron chi connectivity index (χ4n) is 2.87. The molecule has 0 saturated carbocycles. The second-order valence-electron chi connectivity index (χ2n) is 6.40. The monoisotopic (exact) mass is 445 g/mol. The molecule has 158 valence electrons. The zero-order chi connectivity index (χ0) is 22.2. The molecular formula is C20H14F3N5O2S. The van der Waals surface area contributed by atoms with Crippen LogP contribution in [0.5, 0.6) is 5.88 Å². The summed E-state index contributed by atoms with van der Waals surface area (Å²) in [4.78, 5) is 29.4. The van der Waals surface area contributed by atoms with Gasteiger partial charge in [0.05, 0.1) is 22.1 Å². The smallest absolute Gasteiger partial charge is 0.400 e. The Kier molecular flexibility index (Phi) is 5.36. The molecule has 4 aromatic rings. The van der Waals surface area contributed by atoms with Crippen LogP contribution in [0.1, 0.15) is 5.69 Å². The van der Waals surface area contributed by atoms with E-state index in [2.05, 4.69) is 30.0 Å². The van der Waals surface area contributed by atoms with Crippen LogP contribution in [0.25, 0.3) is 21.8 Å². The molecular weight excluding hydrogens is 431 g/mol. The number of alkyl halides is 3. The van der Waals surface area contributed by atoms with Gasteiger partial charge in [-0.15, -0.1) is 11.8 Å². The van der Waals surface area contributed by atoms with Crippen LogP contribution in [-0.2, 0) is 4.79 Å². The van der Waals surface area contributed by atoms with Crippen LogP contribution in [-0.4, -0.2) is 38.3 Å². The number of rotatable bonds is 4. The van der Waals surface area contributed by atoms with E-state index in [9.17, 15) is 18.0 Å². The SMILES string of the molecule is CSc1ccc2nc(Nc3nc(OC(=O)C(F)(F)F)c4ccccc4n3)nc(C)c2c1. The first-order valence-electron chi connectivity index (χ1n) is 8.90. The van der Waals surface area contributed by atoms with Gasteiger partial charge in [-0.2, -0.15) is 18.2 Å². The van der Waals surface area contributed by atoms with E-state index in [1.807, 2.05) is 31.4 Å². The first-order chi connectivity index (χ1) is 14.7. The number of nitrogens with zero attached hydrogens (tertiary/aromatic N) is 4. The minimum absolute atomic E-state index is 0.108. The van der Waals surface area contributed by atoms with E-state index in [1.54, 1.807) is 30.0 Å². The van der Waals surface area contributed by atoms with Gasteiger partial charge in [0.25, 0.3) is 0 Å². The largest absolute Gasteiger partial charge is 0.491 e. The number of thioether (sulfide) groups is 1. The third-order valence-corrected chi connectivity index (χ3v) is 5.03. The molecule has 2 heterocycles. The van der Waals surface area contributed by atoms with Crippen molar-refractivity contribution in [3.8, 4) is 5.88 Å². The molecule has 0 amide bonds. The molecule has 7 nitrogen and oxygen atoms in total. The molecule has 0 aliphatic heterocycles. The molecule has 0 radical (unpaired) electrons. The number of esters is 1. The number of carbonyl (C=O) groups excluding carboxylic acids is 1. The highest BCUT2D eigenvalue weighted by Gasteiger charge is 2.42. The quantitative estimate of drug-likeness (QED) is 0.353. The topological polar surface area (TPSA) is 89.9 Å². The Balaban J connectivity index is 1.74. The lowest BCUT2D eigenvalue weighted by Crippen LogP contribution is -2.28. The minimum Gasteiger partial charge on any atom is -0.400 e. The Morgan fingerprint density at radius 2 is 1.65 bits per heavy atom. The van der Waals surface area contributed by atoms with E-state index in [0.717, 1.165) is 10.3 Å². The molecule has 0 unspecified atom stereocenters. The standard InChI is InChI=1S/C20H14F3N5O2S/c1-10-13-9-11(31-2)7-8-15(13)26-18(24-10)28-19-25-14-6-4-3-5-12(14)16(27-19)30-17(29)20(21,22)23/h3-9H,1-2H3,(H,24,25,26,27,28). The number of halogens is 3. The van der Waals surface area contributed by atoms with Crippen molar-refractivity contribution in [1.82, 2.24) is 19.9 Å². The summed E-state index contributed by atoms with van der Waals surface area (Å²) in [5.74, 6) is -2.84. The first kappa shape index (κ1) is 20.8. The van der Waals surface area contributed by atoms with Crippen LogP contribution in [0.4, 0.5) is 25.1 Å². The first-order valence-corrected chi connectivity index (χ1v) is 10.1. The normalized spacial score (nSPS) is 11.6. The van der Waals surface area contributed by atoms with Gasteiger partial charge in [0.15, 0.2) is 0 Å². The van der Waals surface area contributed by atoms with E-state index in [4.69, 9.17) is 0 Å². The summed E-state index contributed by atoms with van der Waals surface area (Å²) >= 11 is 1.60. The Morgan fingerprint density at radius 1 is 0.968 bits per heavy atom. The van der Waals surface area contributed by atoms with E-state index < -0.39 is 18.0 Å². The van der Waals surface area contributed by atoms with Crippen molar-refractivity contribution in [2.24, 2.45) is 0 Å². The molecule has 0 bridgehead atoms. The number of aromatic nitrogens is 4. The molecule has 11 heteroatoms. The van der Waals surface area contributed by atoms with Crippen molar-refractivity contribution >= 4 is 51.4 Å². The number of hydrogen-bond donors (Lipinski definition) is 1. The van der Waals surface area contributed by atoms with Crippen LogP contribution in [0, 0.1) is 6.92 Å². The number of para-hydroxylation sites is 1. The number of benzene rings is 2. The second kappa shape index (κ2) is 7.99. The number of nitrogens with one attached hydrogen (secondary N) is 1. The maximum absolute atomic E-state index is 12.7. The molecule has 0 atom stereocenters. The predicted octanol–water partition coefficient (Wildman–Crippen LogP) is 4.81. The summed E-state index contributed by atoms with van der Waals surface area (Å²) in [6, 6.07) is 12.0. The van der Waals surface area contributed by atoms with Crippen molar-refractivity contribution in [3.05, 3.63) is 48.2 Å². The molecule has 0 aliphatic rings. The van der Waals surface area contributed by atoms with Crippen molar-refractivity contribution in [1.29, 1.82) is 0 Å². The van der Waals surface area contributed by atoms with E-state index >= 15 is 0 Å². The van der Waals surface area contributed by atoms with Gasteiger partial charge in [0, 0.05) is 10.3 Å². The molecule has 31 heavy (non-hydrogen) atoms. The second-order valence-corrected chi connectivity index (χ2v) is 7.28. The molecule has 2 aromatic heterocycles. The molecule has 0 aliphatic carbocycles. The Bertz CT molecular complexity index is 1310. The number of aryl methyl sites for hydroxylation is 1. The van der Waals surface area contributed by atoms with Crippen molar-refractivity contribution in [2.75, 3.05) is 11.6 Å². The van der Waals surface area contributed by atoms with Gasteiger partial charge in [-0.3, -0.25) is 5.32 Å². The van der Waals surface area contributed by atoms with Crippen LogP contribution < -0.4 is 10.1 Å². The van der Waals surface area contributed by atoms with Gasteiger partial charge in [-0.25, -0.2) is 19.7 Å². The number of carbonyl (C=O) groups is 1. The summed E-state index contributed by atoms with van der Waals surface area (Å²) in [6.07, 6.45) is -3.19. The van der Waals surface area contributed by atoms with Gasteiger partial charge in [-0.05, 0) is 43.5 Å². The average Bonchev–Trinajstić information content (AvgIpc) is 2.73. The lowest BCUT2D eigenvalue weighted by molar-refractivity contribution is -0.189. The maximum Gasteiger partial charge on any atom is 0.491 e. The highest BCUT2D eigenvalue weighted by molar-refractivity contribution is 7.98. The van der Waals surface area contributed by atoms with Gasteiger partial charge < -0.3 is 4.74 Å². The summed E-state index contributed by atoms with van der Waals surface area (Å²) < 4.78 is 42.5. The lowest BCUT2D eigenvalue weighted by Gasteiger charge is -2.11. The third kappa shape index (κ3) is 4.36. The fraction of sp³-hybridized carbons (Fsp3) is 0.150. The van der Waals surface area contributed by atoms with Crippen LogP contribution >= 0.6 is 11.8 Å². The summed E-state index contributed by atoms with van der Waals surface area (Å²) in [5, 5.41) is 3.82. The molecule has 0 fully saturated rings. The summed E-state index contributed by atoms with van der Waals surface area (Å²) in [5.41, 5.74) is 1.66. The number of hydrogen-bond acceptors (Lipinski definition) is 8. The van der Waals surface area contributed by atoms with Crippen molar-refractivity contribution in [2.45, 2.75) is 18.0 Å². The van der Waals surface area contributed by atoms with Crippen molar-refractivity contribution < 1.29 is 22.7 Å². The predicted molar refractivity (Wildman–Crippen MR) is 111 cm³/mol. The molecule has 2 aromatic carbocycles. The number of anilines is 2. The zero-order valence-electron chi connectivity index (χ0n) is 16.2. The van der Waals surface area contributed by atoms with E-state index in [0.29, 0.717) is 11.2 Å². The number of ether oxygens (including phenoxy) is 1. The Hall–Kier alpha value is -3.47. The van der Waals surface area contributed by atoms with Gasteiger partial charge in [-0.1, -0.05) is 12.1 Å². The molecule has 0 spiro atoms. The Labute approximate surface area is 178 Å². The third-order valence-electron chi connectivity index (χ3n) is 4.31. The van der Waals surface area contributed by atoms with E-state index in [-0.39, 0.29) is 22.8 Å². The minimum atomic E-state index is -5.16. The van der Waals surface area contributed by atoms with Gasteiger partial charge in [0.2, 0.25) is 17.8 Å². The molecule has 0 saturated heterocycles. The summed E-state index contributed by atoms with van der Waals surface area (Å²) in [6.45, 7) is 1.82. The van der Waals surface area contributed by atoms with Crippen LogP contribution in [0.3, 0.4) is 0 Å². The van der Waals surface area contributed by atoms with E-state index in [1.165, 1.54) is 6.07 Å². The molecule has 4 rings (SSSR count). The number of fused-ring (bicyclic) bond motifs is 2.